The van der Waals surface area contributed by atoms with Crippen molar-refractivity contribution >= 4 is 11.6 Å². The molecule has 0 fully saturated rings. The van der Waals surface area contributed by atoms with Gasteiger partial charge in [-0.3, -0.25) is 4.79 Å². The van der Waals surface area contributed by atoms with Crippen molar-refractivity contribution in [3.8, 4) is 0 Å². The van der Waals surface area contributed by atoms with Gasteiger partial charge in [0, 0.05) is 11.3 Å². The number of benzene rings is 1. The molecular weight excluding hydrogens is 190 g/mol. The van der Waals surface area contributed by atoms with Crippen LogP contribution in [0.15, 0.2) is 24.3 Å². The fourth-order valence-corrected chi connectivity index (χ4v) is 0.947. The fraction of sp³-hybridized carbons (Fsp3) is 0.222. The van der Waals surface area contributed by atoms with Crippen LogP contribution in [-0.2, 0) is 0 Å². The van der Waals surface area contributed by atoms with E-state index >= 15 is 0 Å². The van der Waals surface area contributed by atoms with Gasteiger partial charge in [0.15, 0.2) is 0 Å². The Labute approximate surface area is 79.9 Å². The molecule has 1 amide bonds. The Bertz CT molecular complexity index is 311. The number of alkyl halides is 2. The van der Waals surface area contributed by atoms with Crippen molar-refractivity contribution in [1.29, 1.82) is 0 Å². The summed E-state index contributed by atoms with van der Waals surface area (Å²) in [6.45, 7) is -0.407. The quantitative estimate of drug-likeness (QED) is 0.773. The van der Waals surface area contributed by atoms with E-state index in [1.54, 1.807) is 0 Å². The number of carbonyl (C=O) groups is 1. The van der Waals surface area contributed by atoms with Crippen molar-refractivity contribution in [2.75, 3.05) is 11.9 Å². The first-order valence-electron chi connectivity index (χ1n) is 4.01. The standard InChI is InChI=1S/C9H10F2N2O/c10-8(11)5-13-7-3-1-6(2-4-7)9(12)14/h1-4,8,13H,5H2,(H2,12,14). The van der Waals surface area contributed by atoms with E-state index in [0.29, 0.717) is 11.3 Å². The Morgan fingerprint density at radius 2 is 1.93 bits per heavy atom. The molecule has 0 saturated carbocycles. The van der Waals surface area contributed by atoms with E-state index in [2.05, 4.69) is 5.32 Å². The number of nitrogens with one attached hydrogen (secondary N) is 1. The predicted octanol–water partition coefficient (Wildman–Crippen LogP) is 1.46. The van der Waals surface area contributed by atoms with Crippen LogP contribution in [0.5, 0.6) is 0 Å². The van der Waals surface area contributed by atoms with Crippen LogP contribution < -0.4 is 11.1 Å². The van der Waals surface area contributed by atoms with E-state index in [-0.39, 0.29) is 0 Å². The topological polar surface area (TPSA) is 55.1 Å². The van der Waals surface area contributed by atoms with Gasteiger partial charge >= 0.3 is 0 Å². The van der Waals surface area contributed by atoms with E-state index in [0.717, 1.165) is 0 Å². The molecule has 0 saturated heterocycles. The number of rotatable bonds is 4. The molecule has 1 aromatic carbocycles. The average molecular weight is 200 g/mol. The Balaban J connectivity index is 2.60. The van der Waals surface area contributed by atoms with Crippen molar-refractivity contribution in [2.45, 2.75) is 6.43 Å². The normalized spacial score (nSPS) is 10.2. The minimum atomic E-state index is -2.40. The SMILES string of the molecule is NC(=O)c1ccc(NCC(F)F)cc1. The van der Waals surface area contributed by atoms with Gasteiger partial charge in [-0.15, -0.1) is 0 Å². The number of primary amides is 1. The monoisotopic (exact) mass is 200 g/mol. The van der Waals surface area contributed by atoms with Gasteiger partial charge in [0.05, 0.1) is 6.54 Å². The molecule has 5 heteroatoms. The van der Waals surface area contributed by atoms with Crippen molar-refractivity contribution in [1.82, 2.24) is 0 Å². The fourth-order valence-electron chi connectivity index (χ4n) is 0.947. The first-order chi connectivity index (χ1) is 6.59. The van der Waals surface area contributed by atoms with Gasteiger partial charge in [-0.05, 0) is 24.3 Å². The second kappa shape index (κ2) is 4.55. The van der Waals surface area contributed by atoms with Crippen LogP contribution >= 0.6 is 0 Å². The molecule has 0 unspecified atom stereocenters. The summed E-state index contributed by atoms with van der Waals surface area (Å²) < 4.78 is 23.6. The highest BCUT2D eigenvalue weighted by atomic mass is 19.3. The average Bonchev–Trinajstić information content (AvgIpc) is 2.15. The summed E-state index contributed by atoms with van der Waals surface area (Å²) in [7, 11) is 0. The third kappa shape index (κ3) is 3.01. The van der Waals surface area contributed by atoms with Crippen LogP contribution in [0.1, 0.15) is 10.4 Å². The highest BCUT2D eigenvalue weighted by Gasteiger charge is 2.02. The van der Waals surface area contributed by atoms with Crippen LogP contribution in [0.2, 0.25) is 0 Å². The zero-order valence-corrected chi connectivity index (χ0v) is 7.34. The van der Waals surface area contributed by atoms with Gasteiger partial charge in [-0.2, -0.15) is 0 Å². The summed E-state index contributed by atoms with van der Waals surface area (Å²) in [5.41, 5.74) is 5.90. The lowest BCUT2D eigenvalue weighted by Crippen LogP contribution is -2.12. The third-order valence-electron chi connectivity index (χ3n) is 1.63. The zero-order chi connectivity index (χ0) is 10.6. The molecule has 0 bridgehead atoms. The molecular formula is C9H10F2N2O. The molecule has 0 aromatic heterocycles. The molecule has 1 rings (SSSR count). The molecule has 3 nitrogen and oxygen atoms in total. The van der Waals surface area contributed by atoms with E-state index in [9.17, 15) is 13.6 Å². The van der Waals surface area contributed by atoms with E-state index < -0.39 is 18.9 Å². The number of hydrogen-bond acceptors (Lipinski definition) is 2. The second-order valence-corrected chi connectivity index (χ2v) is 2.71. The Morgan fingerprint density at radius 3 is 2.36 bits per heavy atom. The maximum absolute atomic E-state index is 11.8. The van der Waals surface area contributed by atoms with Crippen LogP contribution in [0.3, 0.4) is 0 Å². The number of amides is 1. The molecule has 0 aliphatic heterocycles. The van der Waals surface area contributed by atoms with Crippen LogP contribution in [0.25, 0.3) is 0 Å². The summed E-state index contributed by atoms with van der Waals surface area (Å²) >= 11 is 0. The van der Waals surface area contributed by atoms with E-state index in [1.807, 2.05) is 0 Å². The van der Waals surface area contributed by atoms with Gasteiger partial charge in [-0.25, -0.2) is 8.78 Å². The third-order valence-corrected chi connectivity index (χ3v) is 1.63. The molecule has 1 aromatic rings. The van der Waals surface area contributed by atoms with Crippen LogP contribution in [-0.4, -0.2) is 18.9 Å². The van der Waals surface area contributed by atoms with Crippen molar-refractivity contribution < 1.29 is 13.6 Å². The Morgan fingerprint density at radius 1 is 1.36 bits per heavy atom. The number of nitrogens with two attached hydrogens (primary N) is 1. The second-order valence-electron chi connectivity index (χ2n) is 2.71. The number of carbonyl (C=O) groups excluding carboxylic acids is 1. The van der Waals surface area contributed by atoms with Gasteiger partial charge in [0.2, 0.25) is 5.91 Å². The summed E-state index contributed by atoms with van der Waals surface area (Å²) in [6.07, 6.45) is -2.40. The lowest BCUT2D eigenvalue weighted by atomic mass is 10.2. The first kappa shape index (κ1) is 10.4. The van der Waals surface area contributed by atoms with Crippen molar-refractivity contribution in [2.24, 2.45) is 5.73 Å². The molecule has 0 spiro atoms. The molecule has 14 heavy (non-hydrogen) atoms. The Hall–Kier alpha value is -1.65. The van der Waals surface area contributed by atoms with E-state index in [1.165, 1.54) is 24.3 Å². The first-order valence-corrected chi connectivity index (χ1v) is 4.01. The maximum Gasteiger partial charge on any atom is 0.255 e. The highest BCUT2D eigenvalue weighted by molar-refractivity contribution is 5.93. The summed E-state index contributed by atoms with van der Waals surface area (Å²) in [6, 6.07) is 6.03. The number of halogens is 2. The predicted molar refractivity (Wildman–Crippen MR) is 49.5 cm³/mol. The maximum atomic E-state index is 11.8. The lowest BCUT2D eigenvalue weighted by Gasteiger charge is -2.05. The van der Waals surface area contributed by atoms with Gasteiger partial charge < -0.3 is 11.1 Å². The summed E-state index contributed by atoms with van der Waals surface area (Å²) in [5.74, 6) is -0.537. The highest BCUT2D eigenvalue weighted by Crippen LogP contribution is 2.09. The van der Waals surface area contributed by atoms with Crippen molar-refractivity contribution in [3.63, 3.8) is 0 Å². The van der Waals surface area contributed by atoms with Crippen LogP contribution in [0.4, 0.5) is 14.5 Å². The smallest absolute Gasteiger partial charge is 0.255 e. The van der Waals surface area contributed by atoms with E-state index in [4.69, 9.17) is 5.73 Å². The number of anilines is 1. The largest absolute Gasteiger partial charge is 0.379 e. The molecule has 0 radical (unpaired) electrons. The van der Waals surface area contributed by atoms with Crippen molar-refractivity contribution in [3.05, 3.63) is 29.8 Å². The lowest BCUT2D eigenvalue weighted by molar-refractivity contribution is 0.1000. The number of hydrogen-bond donors (Lipinski definition) is 2. The summed E-state index contributed by atoms with van der Waals surface area (Å²) in [5, 5.41) is 2.51. The van der Waals surface area contributed by atoms with Crippen LogP contribution in [0, 0.1) is 0 Å². The molecule has 0 atom stereocenters. The zero-order valence-electron chi connectivity index (χ0n) is 7.34. The molecule has 0 heterocycles. The molecule has 76 valence electrons. The van der Waals surface area contributed by atoms with Gasteiger partial charge in [0.25, 0.3) is 6.43 Å². The Kier molecular flexibility index (Phi) is 3.39. The summed E-state index contributed by atoms with van der Waals surface area (Å²) in [4.78, 5) is 10.7. The minimum absolute atomic E-state index is 0.354. The molecule has 0 aliphatic rings. The van der Waals surface area contributed by atoms with Gasteiger partial charge in [-0.1, -0.05) is 0 Å². The van der Waals surface area contributed by atoms with Gasteiger partial charge in [0.1, 0.15) is 0 Å². The molecule has 0 aliphatic carbocycles. The minimum Gasteiger partial charge on any atom is -0.379 e. The molecule has 3 N–H and O–H groups in total.